The smallest absolute Gasteiger partial charge is 0.281 e. The van der Waals surface area contributed by atoms with Crippen LogP contribution in [0.15, 0.2) is 41.7 Å². The molecule has 0 bridgehead atoms. The van der Waals surface area contributed by atoms with Crippen LogP contribution >= 0.6 is 11.6 Å². The number of aromatic nitrogens is 1. The molecule has 2 aliphatic carbocycles. The third-order valence-electron chi connectivity index (χ3n) is 7.17. The summed E-state index contributed by atoms with van der Waals surface area (Å²) < 4.78 is 11.3. The molecule has 5 rings (SSSR count). The van der Waals surface area contributed by atoms with Gasteiger partial charge in [0, 0.05) is 30.5 Å². The van der Waals surface area contributed by atoms with Crippen LogP contribution in [0.2, 0.25) is 5.02 Å². The Morgan fingerprint density at radius 2 is 1.93 bits per heavy atom. The molecule has 2 spiro atoms. The van der Waals surface area contributed by atoms with Crippen molar-refractivity contribution in [3.63, 3.8) is 0 Å². The second-order valence-corrected chi connectivity index (χ2v) is 9.15. The largest absolute Gasteiger partial charge is 0.476 e. The van der Waals surface area contributed by atoms with Crippen molar-refractivity contribution in [3.05, 3.63) is 52.8 Å². The molecule has 3 aliphatic rings. The van der Waals surface area contributed by atoms with Crippen molar-refractivity contribution >= 4 is 33.3 Å². The predicted molar refractivity (Wildman–Crippen MR) is 119 cm³/mol. The maximum absolute atomic E-state index is 6.61. The van der Waals surface area contributed by atoms with Crippen molar-refractivity contribution in [3.8, 4) is 11.1 Å². The number of ether oxygens (including phenoxy) is 2. The van der Waals surface area contributed by atoms with Gasteiger partial charge in [0.1, 0.15) is 21.2 Å². The fourth-order valence-electron chi connectivity index (χ4n) is 5.84. The molecule has 5 nitrogen and oxygen atoms in total. The number of hydrogen-bond donors (Lipinski definition) is 1. The number of methoxy groups -OCH3 is 1. The van der Waals surface area contributed by atoms with Gasteiger partial charge in [-0.15, -0.1) is 0 Å². The van der Waals surface area contributed by atoms with E-state index < -0.39 is 10.9 Å². The highest BCUT2D eigenvalue weighted by Crippen LogP contribution is 2.65. The Kier molecular flexibility index (Phi) is 4.50. The molecule has 1 aromatic heterocycles. The lowest BCUT2D eigenvalue weighted by molar-refractivity contribution is -0.0256. The SMILES string of the molecule is [B]C1([B])OC(N)=NC12c1cc(-c3cncc(Cl)c3)ccc1CC21CCC(OC)CC1. The van der Waals surface area contributed by atoms with Gasteiger partial charge in [0.05, 0.1) is 16.5 Å². The summed E-state index contributed by atoms with van der Waals surface area (Å²) in [6.07, 6.45) is 8.06. The molecule has 1 aliphatic heterocycles. The highest BCUT2D eigenvalue weighted by atomic mass is 35.5. The van der Waals surface area contributed by atoms with Gasteiger partial charge in [-0.2, -0.15) is 0 Å². The van der Waals surface area contributed by atoms with Crippen molar-refractivity contribution in [1.82, 2.24) is 4.98 Å². The van der Waals surface area contributed by atoms with E-state index in [1.807, 2.05) is 6.07 Å². The van der Waals surface area contributed by atoms with E-state index >= 15 is 0 Å². The lowest BCUT2D eigenvalue weighted by Gasteiger charge is -2.52. The van der Waals surface area contributed by atoms with E-state index in [0.717, 1.165) is 48.8 Å². The van der Waals surface area contributed by atoms with E-state index in [9.17, 15) is 0 Å². The molecule has 2 aromatic rings. The van der Waals surface area contributed by atoms with Crippen molar-refractivity contribution < 1.29 is 9.47 Å². The zero-order valence-electron chi connectivity index (χ0n) is 16.9. The lowest BCUT2D eigenvalue weighted by atomic mass is 9.45. The number of nitrogens with two attached hydrogens (primary N) is 1. The molecule has 8 heteroatoms. The summed E-state index contributed by atoms with van der Waals surface area (Å²) in [5, 5.41) is -0.955. The Bertz CT molecular complexity index is 1040. The number of halogens is 1. The summed E-state index contributed by atoms with van der Waals surface area (Å²) in [6.45, 7) is 0. The molecular weight excluding hydrogens is 395 g/mol. The number of aliphatic imine (C=N–C) groups is 1. The fourth-order valence-corrected chi connectivity index (χ4v) is 6.01. The van der Waals surface area contributed by atoms with Gasteiger partial charge in [-0.3, -0.25) is 4.98 Å². The minimum absolute atomic E-state index is 0.0379. The summed E-state index contributed by atoms with van der Waals surface area (Å²) in [4.78, 5) is 9.05. The Hall–Kier alpha value is -1.98. The number of amidine groups is 1. The number of fused-ring (bicyclic) bond motifs is 3. The molecule has 2 N–H and O–H groups in total. The molecule has 1 saturated carbocycles. The minimum atomic E-state index is -1.53. The zero-order valence-corrected chi connectivity index (χ0v) is 17.7. The second kappa shape index (κ2) is 6.76. The average Bonchev–Trinajstić information content (AvgIpc) is 3.13. The van der Waals surface area contributed by atoms with Crippen molar-refractivity contribution in [1.29, 1.82) is 0 Å². The fraction of sp³-hybridized carbons (Fsp3) is 0.455. The zero-order chi connectivity index (χ0) is 21.1. The molecule has 150 valence electrons. The maximum atomic E-state index is 6.61. The first-order valence-electron chi connectivity index (χ1n) is 10.2. The number of pyridine rings is 1. The number of rotatable bonds is 2. The van der Waals surface area contributed by atoms with Crippen LogP contribution in [0, 0.1) is 5.41 Å². The van der Waals surface area contributed by atoms with Gasteiger partial charge in [-0.05, 0) is 60.9 Å². The maximum Gasteiger partial charge on any atom is 0.281 e. The van der Waals surface area contributed by atoms with Crippen LogP contribution < -0.4 is 5.73 Å². The molecule has 0 saturated heterocycles. The van der Waals surface area contributed by atoms with E-state index in [1.165, 1.54) is 5.56 Å². The summed E-state index contributed by atoms with van der Waals surface area (Å²) in [7, 11) is 15.0. The van der Waals surface area contributed by atoms with Gasteiger partial charge in [-0.1, -0.05) is 23.7 Å². The third-order valence-corrected chi connectivity index (χ3v) is 7.38. The summed E-state index contributed by atoms with van der Waals surface area (Å²) >= 11 is 6.17. The Labute approximate surface area is 184 Å². The quantitative estimate of drug-likeness (QED) is 0.763. The first-order chi connectivity index (χ1) is 14.3. The van der Waals surface area contributed by atoms with Crippen LogP contribution in [0.3, 0.4) is 0 Å². The molecule has 1 atom stereocenters. The van der Waals surface area contributed by atoms with E-state index in [-0.39, 0.29) is 17.5 Å². The van der Waals surface area contributed by atoms with Gasteiger partial charge in [0.25, 0.3) is 6.02 Å². The second-order valence-electron chi connectivity index (χ2n) is 8.71. The molecule has 1 unspecified atom stereocenters. The Morgan fingerprint density at radius 1 is 1.17 bits per heavy atom. The van der Waals surface area contributed by atoms with E-state index in [4.69, 9.17) is 47.5 Å². The topological polar surface area (TPSA) is 69.7 Å². The van der Waals surface area contributed by atoms with Gasteiger partial charge < -0.3 is 15.2 Å². The van der Waals surface area contributed by atoms with Crippen LogP contribution in [-0.2, 0) is 21.4 Å². The lowest BCUT2D eigenvalue weighted by Crippen LogP contribution is -2.59. The van der Waals surface area contributed by atoms with E-state index in [1.54, 1.807) is 19.5 Å². The van der Waals surface area contributed by atoms with Gasteiger partial charge >= 0.3 is 0 Å². The minimum Gasteiger partial charge on any atom is -0.476 e. The van der Waals surface area contributed by atoms with Crippen LogP contribution in [-0.4, -0.2) is 45.3 Å². The summed E-state index contributed by atoms with van der Waals surface area (Å²) in [6, 6.07) is 8.23. The first kappa shape index (κ1) is 20.0. The molecular formula is C22H22B2ClN3O2. The average molecular weight is 418 g/mol. The van der Waals surface area contributed by atoms with Gasteiger partial charge in [0.15, 0.2) is 0 Å². The highest BCUT2D eigenvalue weighted by Gasteiger charge is 2.67. The van der Waals surface area contributed by atoms with Crippen LogP contribution in [0.4, 0.5) is 0 Å². The van der Waals surface area contributed by atoms with Crippen molar-refractivity contribution in [2.75, 3.05) is 7.11 Å². The van der Waals surface area contributed by atoms with Crippen LogP contribution in [0.25, 0.3) is 11.1 Å². The normalized spacial score (nSPS) is 31.5. The van der Waals surface area contributed by atoms with Gasteiger partial charge in [-0.25, -0.2) is 4.99 Å². The molecule has 4 radical (unpaired) electrons. The molecule has 0 amide bonds. The molecule has 30 heavy (non-hydrogen) atoms. The predicted octanol–water partition coefficient (Wildman–Crippen LogP) is 3.06. The number of benzene rings is 1. The van der Waals surface area contributed by atoms with E-state index in [0.29, 0.717) is 5.02 Å². The first-order valence-corrected chi connectivity index (χ1v) is 10.6. The van der Waals surface area contributed by atoms with Crippen LogP contribution in [0.5, 0.6) is 0 Å². The Morgan fingerprint density at radius 3 is 2.57 bits per heavy atom. The summed E-state index contributed by atoms with van der Waals surface area (Å²) in [5.41, 5.74) is 8.85. The third kappa shape index (κ3) is 2.68. The Balaban J connectivity index is 1.68. The van der Waals surface area contributed by atoms with E-state index in [2.05, 4.69) is 23.2 Å². The molecule has 1 aromatic carbocycles. The van der Waals surface area contributed by atoms with Crippen LogP contribution in [0.1, 0.15) is 36.8 Å². The summed E-state index contributed by atoms with van der Waals surface area (Å²) in [5.74, 6) is 0. The number of hydrogen-bond acceptors (Lipinski definition) is 5. The standard InChI is InChI=1S/C22H22B2ClN3O2/c1-29-17-4-6-20(7-5-17)10-14-3-2-13(15-8-16(25)12-27-11-15)9-18(14)21(20)22(23,24)30-19(26)28-21/h2-3,8-9,11-12,17H,4-7,10H2,1H3,(H2,26,28). The molecule has 1 fully saturated rings. The highest BCUT2D eigenvalue weighted by molar-refractivity contribution is 6.41. The molecule has 2 heterocycles. The van der Waals surface area contributed by atoms with Gasteiger partial charge in [0.2, 0.25) is 0 Å². The van der Waals surface area contributed by atoms with Crippen molar-refractivity contribution in [2.24, 2.45) is 16.1 Å². The van der Waals surface area contributed by atoms with Crippen molar-refractivity contribution in [2.45, 2.75) is 49.1 Å². The number of nitrogens with zero attached hydrogens (tertiary/aromatic N) is 2. The monoisotopic (exact) mass is 417 g/mol.